The molecule has 0 amide bonds. The first-order chi connectivity index (χ1) is 22.1. The maximum atomic E-state index is 14.4. The number of sulfonamides is 1. The number of nitrogens with zero attached hydrogens (tertiary/aromatic N) is 5. The molecule has 3 aromatic heterocycles. The molecule has 14 heteroatoms. The Morgan fingerprint density at radius 1 is 0.978 bits per heavy atom. The summed E-state index contributed by atoms with van der Waals surface area (Å²) in [6.07, 6.45) is 2.48. The maximum Gasteiger partial charge on any atom is 0.229 e. The van der Waals surface area contributed by atoms with Crippen LogP contribution in [0.25, 0.3) is 38.5 Å². The number of fused-ring (bicyclic) bond motifs is 1. The van der Waals surface area contributed by atoms with Gasteiger partial charge in [-0.25, -0.2) is 32.2 Å². The van der Waals surface area contributed by atoms with Gasteiger partial charge in [0.15, 0.2) is 16.8 Å². The van der Waals surface area contributed by atoms with Crippen LogP contribution in [0.4, 0.5) is 20.2 Å². The number of anilines is 2. The summed E-state index contributed by atoms with van der Waals surface area (Å²) in [6.45, 7) is 4.17. The molecule has 1 atom stereocenters. The predicted octanol–water partition coefficient (Wildman–Crippen LogP) is 7.34. The van der Waals surface area contributed by atoms with E-state index in [9.17, 15) is 17.2 Å². The molecule has 236 valence electrons. The van der Waals surface area contributed by atoms with Crippen LogP contribution in [0.2, 0.25) is 0 Å². The van der Waals surface area contributed by atoms with Crippen molar-refractivity contribution in [3.63, 3.8) is 0 Å². The van der Waals surface area contributed by atoms with Gasteiger partial charge in [0.2, 0.25) is 10.0 Å². The second-order valence-corrected chi connectivity index (χ2v) is 13.7. The van der Waals surface area contributed by atoms with Crippen molar-refractivity contribution < 1.29 is 26.6 Å². The molecule has 3 aromatic carbocycles. The summed E-state index contributed by atoms with van der Waals surface area (Å²) in [5.41, 5.74) is 6.40. The minimum absolute atomic E-state index is 0.376. The first-order valence-electron chi connectivity index (χ1n) is 14.4. The Morgan fingerprint density at radius 3 is 2.48 bits per heavy atom. The molecule has 46 heavy (non-hydrogen) atoms. The molecule has 0 bridgehead atoms. The van der Waals surface area contributed by atoms with Gasteiger partial charge < -0.3 is 4.52 Å². The SMILES string of the molecule is Cc1noc(C)c1-c1ccc2c(c1)nc([C@@H]1CCCON1c1ccc(F)c(F)c1)n2-c1nc(-c2ccc(NS(C)(=O)=O)cc2)cs1. The zero-order chi connectivity index (χ0) is 32.2. The van der Waals surface area contributed by atoms with Gasteiger partial charge in [0.1, 0.15) is 17.6 Å². The highest BCUT2D eigenvalue weighted by molar-refractivity contribution is 7.92. The monoisotopic (exact) mass is 662 g/mol. The number of imidazole rings is 1. The van der Waals surface area contributed by atoms with Gasteiger partial charge in [-0.15, -0.1) is 11.3 Å². The van der Waals surface area contributed by atoms with Gasteiger partial charge in [-0.2, -0.15) is 0 Å². The average molecular weight is 663 g/mol. The van der Waals surface area contributed by atoms with Gasteiger partial charge in [-0.05, 0) is 68.7 Å². The van der Waals surface area contributed by atoms with Crippen molar-refractivity contribution in [3.05, 3.63) is 95.0 Å². The molecule has 1 aliphatic rings. The van der Waals surface area contributed by atoms with Crippen LogP contribution in [0.15, 0.2) is 70.6 Å². The van der Waals surface area contributed by atoms with E-state index >= 15 is 0 Å². The molecule has 4 heterocycles. The number of rotatable bonds is 7. The molecule has 6 aromatic rings. The summed E-state index contributed by atoms with van der Waals surface area (Å²) in [4.78, 5) is 16.1. The second-order valence-electron chi connectivity index (χ2n) is 11.1. The largest absolute Gasteiger partial charge is 0.361 e. The Labute approximate surface area is 267 Å². The number of hydrogen-bond acceptors (Lipinski definition) is 9. The Hall–Kier alpha value is -4.66. The van der Waals surface area contributed by atoms with E-state index < -0.39 is 27.7 Å². The zero-order valence-corrected chi connectivity index (χ0v) is 26.6. The lowest BCUT2D eigenvalue weighted by molar-refractivity contribution is 0.0454. The molecule has 1 saturated heterocycles. The Balaban J connectivity index is 1.35. The Kier molecular flexibility index (Phi) is 7.57. The van der Waals surface area contributed by atoms with E-state index in [2.05, 4.69) is 9.88 Å². The number of hydrogen-bond donors (Lipinski definition) is 1. The zero-order valence-electron chi connectivity index (χ0n) is 25.0. The summed E-state index contributed by atoms with van der Waals surface area (Å²) in [6, 6.07) is 16.2. The van der Waals surface area contributed by atoms with E-state index in [4.69, 9.17) is 19.3 Å². The standard InChI is InChI=1S/C32H28F2N6O4S2/c1-18-30(19(2)44-37-18)21-8-13-28-26(15-21)35-31(29-5-4-14-43-40(29)23-11-12-24(33)25(34)16-23)39(28)32-36-27(17-45-32)20-6-9-22(10-7-20)38-46(3,41)42/h6-13,15-17,29,38H,4-5,14H2,1-3H3/t29-/m0/s1. The number of thiazole rings is 1. The summed E-state index contributed by atoms with van der Waals surface area (Å²) in [5.74, 6) is -0.579. The summed E-state index contributed by atoms with van der Waals surface area (Å²) < 4.78 is 61.4. The van der Waals surface area contributed by atoms with Crippen molar-refractivity contribution >= 4 is 43.8 Å². The van der Waals surface area contributed by atoms with E-state index in [0.717, 1.165) is 52.7 Å². The van der Waals surface area contributed by atoms with Crippen LogP contribution in [-0.2, 0) is 14.9 Å². The van der Waals surface area contributed by atoms with Crippen LogP contribution in [0.5, 0.6) is 0 Å². The Bertz CT molecular complexity index is 2170. The average Bonchev–Trinajstić information content (AvgIpc) is 3.74. The lowest BCUT2D eigenvalue weighted by Gasteiger charge is -2.35. The van der Waals surface area contributed by atoms with E-state index in [0.29, 0.717) is 52.3 Å². The van der Waals surface area contributed by atoms with Gasteiger partial charge in [-0.1, -0.05) is 23.4 Å². The minimum Gasteiger partial charge on any atom is -0.361 e. The van der Waals surface area contributed by atoms with Crippen molar-refractivity contribution in [3.8, 4) is 27.5 Å². The fourth-order valence-electron chi connectivity index (χ4n) is 5.75. The van der Waals surface area contributed by atoms with Crippen LogP contribution in [0.1, 0.15) is 36.2 Å². The molecule has 0 radical (unpaired) electrons. The normalized spacial score (nSPS) is 15.5. The molecule has 0 spiro atoms. The van der Waals surface area contributed by atoms with E-state index in [-0.39, 0.29) is 0 Å². The minimum atomic E-state index is -3.40. The number of aromatic nitrogens is 4. The van der Waals surface area contributed by atoms with Crippen molar-refractivity contribution in [2.45, 2.75) is 32.7 Å². The van der Waals surface area contributed by atoms with Crippen molar-refractivity contribution in [2.24, 2.45) is 0 Å². The number of benzene rings is 3. The molecule has 1 fully saturated rings. The lowest BCUT2D eigenvalue weighted by Crippen LogP contribution is -2.35. The van der Waals surface area contributed by atoms with Crippen LogP contribution in [0.3, 0.4) is 0 Å². The fourth-order valence-corrected chi connectivity index (χ4v) is 7.17. The first-order valence-corrected chi connectivity index (χ1v) is 17.2. The lowest BCUT2D eigenvalue weighted by atomic mass is 10.0. The van der Waals surface area contributed by atoms with E-state index in [1.54, 1.807) is 29.3 Å². The summed E-state index contributed by atoms with van der Waals surface area (Å²) in [7, 11) is -3.40. The molecule has 0 aliphatic carbocycles. The number of halogens is 2. The van der Waals surface area contributed by atoms with Crippen molar-refractivity contribution in [2.75, 3.05) is 22.6 Å². The highest BCUT2D eigenvalue weighted by atomic mass is 32.2. The van der Waals surface area contributed by atoms with Gasteiger partial charge in [0.25, 0.3) is 0 Å². The third kappa shape index (κ3) is 5.63. The van der Waals surface area contributed by atoms with Crippen molar-refractivity contribution in [1.29, 1.82) is 0 Å². The second kappa shape index (κ2) is 11.6. The number of nitrogens with one attached hydrogen (secondary N) is 1. The van der Waals surface area contributed by atoms with Crippen molar-refractivity contribution in [1.82, 2.24) is 19.7 Å². The van der Waals surface area contributed by atoms with Gasteiger partial charge in [-0.3, -0.25) is 14.1 Å². The predicted molar refractivity (Wildman–Crippen MR) is 172 cm³/mol. The van der Waals surface area contributed by atoms with Gasteiger partial charge >= 0.3 is 0 Å². The molecule has 0 saturated carbocycles. The van der Waals surface area contributed by atoms with Crippen LogP contribution >= 0.6 is 11.3 Å². The van der Waals surface area contributed by atoms with Gasteiger partial charge in [0.05, 0.1) is 41.0 Å². The highest BCUT2D eigenvalue weighted by Crippen LogP contribution is 2.39. The van der Waals surface area contributed by atoms with E-state index in [1.807, 2.05) is 42.0 Å². The summed E-state index contributed by atoms with van der Waals surface area (Å²) >= 11 is 1.42. The molecule has 0 unspecified atom stereocenters. The van der Waals surface area contributed by atoms with Crippen LogP contribution in [-0.4, -0.2) is 41.0 Å². The quantitative estimate of drug-likeness (QED) is 0.189. The smallest absolute Gasteiger partial charge is 0.229 e. The Morgan fingerprint density at radius 2 is 1.76 bits per heavy atom. The first kappa shape index (κ1) is 30.0. The number of aryl methyl sites for hydroxylation is 2. The number of hydroxylamine groups is 1. The fraction of sp³-hybridized carbons (Fsp3) is 0.219. The third-order valence-electron chi connectivity index (χ3n) is 7.76. The maximum absolute atomic E-state index is 14.4. The van der Waals surface area contributed by atoms with E-state index in [1.165, 1.54) is 17.4 Å². The highest BCUT2D eigenvalue weighted by Gasteiger charge is 2.32. The third-order valence-corrected chi connectivity index (χ3v) is 9.19. The summed E-state index contributed by atoms with van der Waals surface area (Å²) in [5, 5.41) is 8.27. The van der Waals surface area contributed by atoms with Crippen LogP contribution in [0, 0.1) is 25.5 Å². The van der Waals surface area contributed by atoms with Gasteiger partial charge in [0, 0.05) is 28.3 Å². The molecule has 1 N–H and O–H groups in total. The molecular formula is C32H28F2N6O4S2. The molecular weight excluding hydrogens is 635 g/mol. The molecule has 1 aliphatic heterocycles. The molecule has 7 rings (SSSR count). The topological polar surface area (TPSA) is 115 Å². The molecule has 10 nitrogen and oxygen atoms in total. The van der Waals surface area contributed by atoms with Crippen LogP contribution < -0.4 is 9.79 Å².